The van der Waals surface area contributed by atoms with E-state index in [1.54, 1.807) is 13.0 Å². The summed E-state index contributed by atoms with van der Waals surface area (Å²) in [7, 11) is 0. The lowest BCUT2D eigenvalue weighted by Gasteiger charge is -2.11. The smallest absolute Gasteiger partial charge is 0.167 e. The Balaban J connectivity index is 2.23. The van der Waals surface area contributed by atoms with E-state index >= 15 is 0 Å². The number of nitrogens with one attached hydrogen (secondary N) is 1. The molecule has 0 bridgehead atoms. The first-order valence-electron chi connectivity index (χ1n) is 5.13. The molecule has 3 nitrogen and oxygen atoms in total. The number of halogens is 2. The summed E-state index contributed by atoms with van der Waals surface area (Å²) in [5.41, 5.74) is 1.33. The molecule has 0 amide bonds. The second kappa shape index (κ2) is 5.34. The third kappa shape index (κ3) is 2.97. The van der Waals surface area contributed by atoms with Gasteiger partial charge < -0.3 is 5.32 Å². The van der Waals surface area contributed by atoms with Crippen molar-refractivity contribution < 1.29 is 4.39 Å². The van der Waals surface area contributed by atoms with Gasteiger partial charge in [-0.25, -0.2) is 9.37 Å². The molecule has 0 saturated carbocycles. The van der Waals surface area contributed by atoms with E-state index in [0.29, 0.717) is 15.0 Å². The van der Waals surface area contributed by atoms with E-state index in [-0.39, 0.29) is 5.82 Å². The zero-order valence-electron chi connectivity index (χ0n) is 9.45. The monoisotopic (exact) mass is 281 g/mol. The molecule has 0 spiro atoms. The average Bonchev–Trinajstić information content (AvgIpc) is 2.71. The number of aromatic nitrogens is 1. The summed E-state index contributed by atoms with van der Waals surface area (Å²) in [6.45, 7) is 1.79. The summed E-state index contributed by atoms with van der Waals surface area (Å²) in [4.78, 5) is 4.04. The van der Waals surface area contributed by atoms with E-state index in [1.807, 2.05) is 0 Å². The van der Waals surface area contributed by atoms with Crippen LogP contribution in [0.25, 0.3) is 0 Å². The third-order valence-electron chi connectivity index (χ3n) is 2.22. The van der Waals surface area contributed by atoms with Crippen LogP contribution in [-0.2, 0) is 0 Å². The van der Waals surface area contributed by atoms with Crippen molar-refractivity contribution in [2.24, 2.45) is 0 Å². The maximum Gasteiger partial charge on any atom is 0.167 e. The number of rotatable bonds is 3. The van der Waals surface area contributed by atoms with Crippen molar-refractivity contribution in [1.29, 1.82) is 5.26 Å². The molecular formula is C12H9ClFN3S. The predicted octanol–water partition coefficient (Wildman–Crippen LogP) is 3.92. The number of benzene rings is 1. The summed E-state index contributed by atoms with van der Waals surface area (Å²) in [6, 6.07) is 5.97. The minimum atomic E-state index is -0.635. The van der Waals surface area contributed by atoms with E-state index in [4.69, 9.17) is 16.9 Å². The molecule has 0 aliphatic carbocycles. The molecule has 0 aliphatic heterocycles. The van der Waals surface area contributed by atoms with Gasteiger partial charge in [0.05, 0.1) is 12.3 Å². The van der Waals surface area contributed by atoms with Crippen molar-refractivity contribution in [3.8, 4) is 6.07 Å². The second-order valence-electron chi connectivity index (χ2n) is 3.73. The number of anilines is 1. The molecule has 1 aromatic carbocycles. The quantitative estimate of drug-likeness (QED) is 0.927. The fraction of sp³-hybridized carbons (Fsp3) is 0.167. The molecule has 0 saturated heterocycles. The van der Waals surface area contributed by atoms with E-state index in [2.05, 4.69) is 16.4 Å². The third-order valence-corrected chi connectivity index (χ3v) is 3.40. The van der Waals surface area contributed by atoms with Gasteiger partial charge in [-0.2, -0.15) is 5.26 Å². The highest BCUT2D eigenvalue weighted by Crippen LogP contribution is 2.26. The molecular weight excluding hydrogens is 273 g/mol. The van der Waals surface area contributed by atoms with Crippen molar-refractivity contribution in [3.05, 3.63) is 45.1 Å². The summed E-state index contributed by atoms with van der Waals surface area (Å²) < 4.78 is 13.7. The molecule has 6 heteroatoms. The van der Waals surface area contributed by atoms with Gasteiger partial charge in [0.2, 0.25) is 0 Å². The maximum atomic E-state index is 13.2. The fourth-order valence-electron chi connectivity index (χ4n) is 1.54. The largest absolute Gasteiger partial charge is 0.364 e. The normalized spacial score (nSPS) is 11.9. The van der Waals surface area contributed by atoms with Gasteiger partial charge in [-0.1, -0.05) is 11.6 Å². The Kier molecular flexibility index (Phi) is 3.80. The summed E-state index contributed by atoms with van der Waals surface area (Å²) in [6.07, 6.45) is 1.49. The van der Waals surface area contributed by atoms with Crippen molar-refractivity contribution in [1.82, 2.24) is 4.98 Å². The van der Waals surface area contributed by atoms with Gasteiger partial charge in [0.15, 0.2) is 6.04 Å². The van der Waals surface area contributed by atoms with Gasteiger partial charge >= 0.3 is 0 Å². The molecule has 1 unspecified atom stereocenters. The highest BCUT2D eigenvalue weighted by Gasteiger charge is 2.14. The molecule has 18 heavy (non-hydrogen) atoms. The van der Waals surface area contributed by atoms with Gasteiger partial charge in [0.1, 0.15) is 15.2 Å². The van der Waals surface area contributed by atoms with Crippen LogP contribution in [0.5, 0.6) is 0 Å². The molecule has 92 valence electrons. The first kappa shape index (κ1) is 12.8. The van der Waals surface area contributed by atoms with Gasteiger partial charge in [-0.05, 0) is 30.7 Å². The van der Waals surface area contributed by atoms with E-state index in [9.17, 15) is 4.39 Å². The van der Waals surface area contributed by atoms with Crippen LogP contribution in [0.3, 0.4) is 0 Å². The van der Waals surface area contributed by atoms with E-state index < -0.39 is 6.04 Å². The van der Waals surface area contributed by atoms with Gasteiger partial charge in [0.25, 0.3) is 0 Å². The van der Waals surface area contributed by atoms with Crippen LogP contribution >= 0.6 is 22.9 Å². The van der Waals surface area contributed by atoms with Crippen LogP contribution in [0.2, 0.25) is 4.34 Å². The van der Waals surface area contributed by atoms with Crippen molar-refractivity contribution in [2.75, 3.05) is 5.32 Å². The molecule has 2 rings (SSSR count). The number of aryl methyl sites for hydroxylation is 1. The lowest BCUT2D eigenvalue weighted by atomic mass is 10.2. The highest BCUT2D eigenvalue weighted by atomic mass is 35.5. The second-order valence-corrected chi connectivity index (χ2v) is 5.42. The van der Waals surface area contributed by atoms with Crippen molar-refractivity contribution in [2.45, 2.75) is 13.0 Å². The van der Waals surface area contributed by atoms with Gasteiger partial charge in [0, 0.05) is 5.69 Å². The molecule has 2 aromatic rings. The minimum Gasteiger partial charge on any atom is -0.364 e. The standard InChI is InChI=1S/C12H9ClFN3S/c1-7-2-8(14)4-9(3-7)17-10(5-15)12-16-6-11(13)18-12/h2-4,6,10,17H,1H3. The van der Waals surface area contributed by atoms with E-state index in [0.717, 1.165) is 5.56 Å². The number of hydrogen-bond donors (Lipinski definition) is 1. The summed E-state index contributed by atoms with van der Waals surface area (Å²) >= 11 is 7.00. The number of nitrogens with zero attached hydrogens (tertiary/aromatic N) is 2. The Morgan fingerprint density at radius 3 is 2.83 bits per heavy atom. The predicted molar refractivity (Wildman–Crippen MR) is 70.2 cm³/mol. The van der Waals surface area contributed by atoms with Crippen molar-refractivity contribution in [3.63, 3.8) is 0 Å². The zero-order chi connectivity index (χ0) is 13.1. The van der Waals surface area contributed by atoms with Crippen LogP contribution in [-0.4, -0.2) is 4.98 Å². The number of nitriles is 1. The minimum absolute atomic E-state index is 0.341. The van der Waals surface area contributed by atoms with Gasteiger partial charge in [-0.3, -0.25) is 0 Å². The van der Waals surface area contributed by atoms with Crippen LogP contribution in [0.1, 0.15) is 16.6 Å². The first-order valence-corrected chi connectivity index (χ1v) is 6.32. The summed E-state index contributed by atoms with van der Waals surface area (Å²) in [5.74, 6) is -0.341. The molecule has 0 aliphatic rings. The highest BCUT2D eigenvalue weighted by molar-refractivity contribution is 7.15. The van der Waals surface area contributed by atoms with Crippen molar-refractivity contribution >= 4 is 28.6 Å². The van der Waals surface area contributed by atoms with Crippen LogP contribution in [0.4, 0.5) is 10.1 Å². The fourth-order valence-corrected chi connectivity index (χ4v) is 2.46. The number of hydrogen-bond acceptors (Lipinski definition) is 4. The Bertz CT molecular complexity index is 585. The Morgan fingerprint density at radius 2 is 2.28 bits per heavy atom. The van der Waals surface area contributed by atoms with Crippen LogP contribution in [0.15, 0.2) is 24.4 Å². The maximum absolute atomic E-state index is 13.2. The van der Waals surface area contributed by atoms with Crippen LogP contribution in [0, 0.1) is 24.1 Å². The van der Waals surface area contributed by atoms with E-state index in [1.165, 1.54) is 29.7 Å². The average molecular weight is 282 g/mol. The lowest BCUT2D eigenvalue weighted by Crippen LogP contribution is -2.08. The molecule has 1 aromatic heterocycles. The molecule has 1 heterocycles. The first-order chi connectivity index (χ1) is 8.58. The molecule has 0 radical (unpaired) electrons. The lowest BCUT2D eigenvalue weighted by molar-refractivity contribution is 0.627. The number of thiazole rings is 1. The van der Waals surface area contributed by atoms with Crippen LogP contribution < -0.4 is 5.32 Å². The Labute approximate surface area is 113 Å². The zero-order valence-corrected chi connectivity index (χ0v) is 11.0. The Hall–Kier alpha value is -1.64. The Morgan fingerprint density at radius 1 is 1.50 bits per heavy atom. The summed E-state index contributed by atoms with van der Waals surface area (Å²) in [5, 5.41) is 12.6. The van der Waals surface area contributed by atoms with Gasteiger partial charge in [-0.15, -0.1) is 11.3 Å². The molecule has 1 N–H and O–H groups in total. The molecule has 0 fully saturated rings. The molecule has 1 atom stereocenters. The topological polar surface area (TPSA) is 48.7 Å². The SMILES string of the molecule is Cc1cc(F)cc(NC(C#N)c2ncc(Cl)s2)c1.